The standard InChI is InChI=1S/C11H19N3O4S/c1-8(2)7-18-13-19(16,17)9-5-10(11(15)12-3)14(4)6-9/h5-6,8,13H,7H2,1-4H3,(H,12,15). The molecule has 0 bridgehead atoms. The fraction of sp³-hybridized carbons (Fsp3) is 0.545. The zero-order chi connectivity index (χ0) is 14.6. The number of carbonyl (C=O) groups is 1. The van der Waals surface area contributed by atoms with Gasteiger partial charge in [-0.25, -0.2) is 8.42 Å². The lowest BCUT2D eigenvalue weighted by Gasteiger charge is -2.07. The van der Waals surface area contributed by atoms with Crippen molar-refractivity contribution in [2.45, 2.75) is 18.7 Å². The topological polar surface area (TPSA) is 89.4 Å². The number of amides is 1. The van der Waals surface area contributed by atoms with Crippen molar-refractivity contribution >= 4 is 15.9 Å². The number of aryl methyl sites for hydroxylation is 1. The highest BCUT2D eigenvalue weighted by molar-refractivity contribution is 7.89. The van der Waals surface area contributed by atoms with Crippen LogP contribution in [-0.4, -0.2) is 32.5 Å². The van der Waals surface area contributed by atoms with Gasteiger partial charge in [0, 0.05) is 20.3 Å². The average molecular weight is 289 g/mol. The first-order valence-corrected chi connectivity index (χ1v) is 7.28. The Hall–Kier alpha value is -1.38. The van der Waals surface area contributed by atoms with Crippen LogP contribution in [0.2, 0.25) is 0 Å². The summed E-state index contributed by atoms with van der Waals surface area (Å²) in [5.41, 5.74) is 0.256. The zero-order valence-electron chi connectivity index (χ0n) is 11.4. The highest BCUT2D eigenvalue weighted by Crippen LogP contribution is 2.13. The van der Waals surface area contributed by atoms with Crippen LogP contribution in [0.4, 0.5) is 0 Å². The fourth-order valence-electron chi connectivity index (χ4n) is 1.36. The number of hydrogen-bond donors (Lipinski definition) is 2. The van der Waals surface area contributed by atoms with E-state index in [-0.39, 0.29) is 29.0 Å². The van der Waals surface area contributed by atoms with Gasteiger partial charge in [-0.2, -0.15) is 0 Å². The number of sulfonamides is 1. The van der Waals surface area contributed by atoms with Crippen LogP contribution in [0.3, 0.4) is 0 Å². The van der Waals surface area contributed by atoms with E-state index in [2.05, 4.69) is 5.32 Å². The number of rotatable bonds is 6. The molecule has 0 aliphatic carbocycles. The van der Waals surface area contributed by atoms with E-state index in [9.17, 15) is 13.2 Å². The van der Waals surface area contributed by atoms with Gasteiger partial charge in [0.15, 0.2) is 0 Å². The average Bonchev–Trinajstić information content (AvgIpc) is 2.70. The third-order valence-electron chi connectivity index (χ3n) is 2.34. The van der Waals surface area contributed by atoms with Gasteiger partial charge < -0.3 is 9.88 Å². The fourth-order valence-corrected chi connectivity index (χ4v) is 2.24. The quantitative estimate of drug-likeness (QED) is 0.735. The van der Waals surface area contributed by atoms with Crippen molar-refractivity contribution in [1.82, 2.24) is 14.8 Å². The van der Waals surface area contributed by atoms with Crippen molar-refractivity contribution in [3.05, 3.63) is 18.0 Å². The molecular formula is C11H19N3O4S. The first-order valence-electron chi connectivity index (χ1n) is 5.80. The smallest absolute Gasteiger partial charge is 0.267 e. The van der Waals surface area contributed by atoms with Gasteiger partial charge in [-0.15, -0.1) is 0 Å². The summed E-state index contributed by atoms with van der Waals surface area (Å²) in [6, 6.07) is 1.29. The molecule has 0 aliphatic heterocycles. The van der Waals surface area contributed by atoms with Crippen LogP contribution in [0.25, 0.3) is 0 Å². The van der Waals surface area contributed by atoms with Gasteiger partial charge in [0.2, 0.25) is 0 Å². The summed E-state index contributed by atoms with van der Waals surface area (Å²) < 4.78 is 25.3. The lowest BCUT2D eigenvalue weighted by Crippen LogP contribution is -2.25. The van der Waals surface area contributed by atoms with Gasteiger partial charge in [-0.05, 0) is 12.0 Å². The number of carbonyl (C=O) groups excluding carboxylic acids is 1. The van der Waals surface area contributed by atoms with Gasteiger partial charge in [0.05, 0.1) is 6.61 Å². The monoisotopic (exact) mass is 289 g/mol. The van der Waals surface area contributed by atoms with E-state index >= 15 is 0 Å². The van der Waals surface area contributed by atoms with E-state index in [0.717, 1.165) is 0 Å². The number of hydrogen-bond acceptors (Lipinski definition) is 4. The number of aromatic nitrogens is 1. The van der Waals surface area contributed by atoms with Gasteiger partial charge in [0.25, 0.3) is 15.9 Å². The third-order valence-corrected chi connectivity index (χ3v) is 3.52. The maximum Gasteiger partial charge on any atom is 0.267 e. The Balaban J connectivity index is 2.87. The summed E-state index contributed by atoms with van der Waals surface area (Å²) in [5, 5.41) is 2.44. The normalized spacial score (nSPS) is 11.8. The second-order valence-corrected chi connectivity index (χ2v) is 6.19. The molecule has 1 amide bonds. The minimum Gasteiger partial charge on any atom is -0.354 e. The molecule has 2 N–H and O–H groups in total. The summed E-state index contributed by atoms with van der Waals surface area (Å²) in [7, 11) is -0.697. The molecule has 19 heavy (non-hydrogen) atoms. The van der Waals surface area contributed by atoms with E-state index < -0.39 is 10.0 Å². The summed E-state index contributed by atoms with van der Waals surface area (Å²) in [6.45, 7) is 4.08. The molecule has 0 fully saturated rings. The van der Waals surface area contributed by atoms with Crippen LogP contribution >= 0.6 is 0 Å². The Morgan fingerprint density at radius 1 is 1.47 bits per heavy atom. The van der Waals surface area contributed by atoms with Crippen LogP contribution in [0.15, 0.2) is 17.2 Å². The molecule has 0 radical (unpaired) electrons. The molecule has 1 aromatic heterocycles. The van der Waals surface area contributed by atoms with Crippen LogP contribution in [0.1, 0.15) is 24.3 Å². The van der Waals surface area contributed by atoms with Crippen LogP contribution in [0.5, 0.6) is 0 Å². The molecule has 1 heterocycles. The summed E-state index contributed by atoms with van der Waals surface area (Å²) in [6.07, 6.45) is 1.35. The van der Waals surface area contributed by atoms with Crippen molar-refractivity contribution in [3.63, 3.8) is 0 Å². The van der Waals surface area contributed by atoms with E-state index in [1.807, 2.05) is 18.7 Å². The Labute approximate surface area is 112 Å². The predicted octanol–water partition coefficient (Wildman–Crippen LogP) is 0.251. The second kappa shape index (κ2) is 6.18. The minimum absolute atomic E-state index is 0.0163. The highest BCUT2D eigenvalue weighted by atomic mass is 32.2. The summed E-state index contributed by atoms with van der Waals surface area (Å²) >= 11 is 0. The van der Waals surface area contributed by atoms with Gasteiger partial charge >= 0.3 is 0 Å². The van der Waals surface area contributed by atoms with E-state index in [0.29, 0.717) is 0 Å². The first-order chi connectivity index (χ1) is 8.77. The van der Waals surface area contributed by atoms with Crippen molar-refractivity contribution < 1.29 is 18.0 Å². The Bertz CT molecular complexity index is 548. The summed E-state index contributed by atoms with van der Waals surface area (Å²) in [5.74, 6) is -0.146. The summed E-state index contributed by atoms with van der Waals surface area (Å²) in [4.78, 5) is 18.4. The van der Waals surface area contributed by atoms with E-state index in [4.69, 9.17) is 4.84 Å². The molecule has 0 aliphatic rings. The van der Waals surface area contributed by atoms with Crippen LogP contribution < -0.4 is 10.2 Å². The zero-order valence-corrected chi connectivity index (χ0v) is 12.2. The molecule has 1 aromatic rings. The van der Waals surface area contributed by atoms with Crippen LogP contribution in [-0.2, 0) is 21.9 Å². The number of nitrogens with zero attached hydrogens (tertiary/aromatic N) is 1. The van der Waals surface area contributed by atoms with E-state index in [1.54, 1.807) is 7.05 Å². The number of nitrogens with one attached hydrogen (secondary N) is 2. The second-order valence-electron chi connectivity index (χ2n) is 4.54. The maximum atomic E-state index is 11.9. The molecule has 0 aromatic carbocycles. The largest absolute Gasteiger partial charge is 0.354 e. The van der Waals surface area contributed by atoms with Crippen molar-refractivity contribution in [3.8, 4) is 0 Å². The molecule has 0 atom stereocenters. The Morgan fingerprint density at radius 2 is 2.11 bits per heavy atom. The molecule has 0 saturated heterocycles. The maximum absolute atomic E-state index is 11.9. The van der Waals surface area contributed by atoms with Crippen molar-refractivity contribution in [1.29, 1.82) is 0 Å². The van der Waals surface area contributed by atoms with Gasteiger partial charge in [0.1, 0.15) is 10.6 Å². The molecule has 0 unspecified atom stereocenters. The lowest BCUT2D eigenvalue weighted by atomic mass is 10.2. The minimum atomic E-state index is -3.77. The van der Waals surface area contributed by atoms with Crippen LogP contribution in [0, 0.1) is 5.92 Å². The molecule has 0 saturated carbocycles. The molecule has 0 spiro atoms. The van der Waals surface area contributed by atoms with Crippen molar-refractivity contribution in [2.75, 3.05) is 13.7 Å². The SMILES string of the molecule is CNC(=O)c1cc(S(=O)(=O)NOCC(C)C)cn1C. The van der Waals surface area contributed by atoms with E-state index in [1.165, 1.54) is 23.9 Å². The van der Waals surface area contributed by atoms with Gasteiger partial charge in [-0.1, -0.05) is 18.7 Å². The first kappa shape index (κ1) is 15.7. The molecule has 1 rings (SSSR count). The van der Waals surface area contributed by atoms with Crippen molar-refractivity contribution in [2.24, 2.45) is 13.0 Å². The highest BCUT2D eigenvalue weighted by Gasteiger charge is 2.20. The molecular weight excluding hydrogens is 270 g/mol. The van der Waals surface area contributed by atoms with Gasteiger partial charge in [-0.3, -0.25) is 9.63 Å². The Kier molecular flexibility index (Phi) is 5.10. The third kappa shape index (κ3) is 4.05. The predicted molar refractivity (Wildman–Crippen MR) is 69.9 cm³/mol. The molecule has 7 nitrogen and oxygen atoms in total. The Morgan fingerprint density at radius 3 is 2.63 bits per heavy atom. The molecule has 108 valence electrons. The molecule has 8 heteroatoms. The lowest BCUT2D eigenvalue weighted by molar-refractivity contribution is 0.0718.